The third-order valence-electron chi connectivity index (χ3n) is 7.90. The van der Waals surface area contributed by atoms with Gasteiger partial charge in [-0.05, 0) is 50.7 Å². The Kier molecular flexibility index (Phi) is 11.0. The first-order valence-corrected chi connectivity index (χ1v) is 14.9. The number of nitrogens with zero attached hydrogens (tertiary/aromatic N) is 2. The Balaban J connectivity index is 1.53. The van der Waals surface area contributed by atoms with E-state index in [-0.39, 0.29) is 59.6 Å². The first-order valence-electron chi connectivity index (χ1n) is 14.1. The number of hydrogen-bond acceptors (Lipinski definition) is 6. The SMILES string of the molecule is CCOC(=O)CC[C@H](C(=O)NCc1ccc(Cl)c(Cl)c1F)N1CCC(CCc2ccccc2)N2C[C@H](N)C[C@H]2C1=O. The number of rotatable bonds is 11. The summed E-state index contributed by atoms with van der Waals surface area (Å²) in [5.74, 6) is -1.83. The van der Waals surface area contributed by atoms with E-state index in [1.54, 1.807) is 11.8 Å². The van der Waals surface area contributed by atoms with E-state index in [0.29, 0.717) is 25.9 Å². The van der Waals surface area contributed by atoms with E-state index in [1.807, 2.05) is 18.2 Å². The minimum Gasteiger partial charge on any atom is -0.466 e. The predicted octanol–water partition coefficient (Wildman–Crippen LogP) is 4.10. The molecule has 2 saturated heterocycles. The van der Waals surface area contributed by atoms with E-state index in [4.69, 9.17) is 33.7 Å². The summed E-state index contributed by atoms with van der Waals surface area (Å²) in [6.07, 6.45) is 2.91. The average Bonchev–Trinajstić information content (AvgIpc) is 3.30. The number of halogens is 3. The molecule has 222 valence electrons. The molecule has 2 heterocycles. The van der Waals surface area contributed by atoms with Crippen LogP contribution in [0.15, 0.2) is 42.5 Å². The standard InChI is InChI=1S/C30H37Cl2FN4O4/c1-2-41-26(38)13-12-24(29(39)35-17-20-9-11-23(31)27(32)28(20)33)36-15-14-22(10-8-19-6-4-3-5-7-19)37-18-21(34)16-25(37)30(36)40/h3-7,9,11,21-22,24-25H,2,8,10,12-18,34H2,1H3,(H,35,39)/t21-,22?,24-,25+/m1/s1. The lowest BCUT2D eigenvalue weighted by Crippen LogP contribution is -2.53. The maximum absolute atomic E-state index is 14.6. The van der Waals surface area contributed by atoms with Crippen LogP contribution in [0.4, 0.5) is 4.39 Å². The van der Waals surface area contributed by atoms with Crippen LogP contribution in [0.1, 0.15) is 50.2 Å². The van der Waals surface area contributed by atoms with Crippen molar-refractivity contribution in [3.8, 4) is 0 Å². The van der Waals surface area contributed by atoms with Crippen molar-refractivity contribution in [3.63, 3.8) is 0 Å². The lowest BCUT2D eigenvalue weighted by Gasteiger charge is -2.32. The van der Waals surface area contributed by atoms with Crippen molar-refractivity contribution in [1.82, 2.24) is 15.1 Å². The fourth-order valence-electron chi connectivity index (χ4n) is 5.81. The number of hydrogen-bond donors (Lipinski definition) is 2. The van der Waals surface area contributed by atoms with Crippen molar-refractivity contribution in [2.75, 3.05) is 19.7 Å². The number of esters is 1. The second kappa shape index (κ2) is 14.4. The van der Waals surface area contributed by atoms with Gasteiger partial charge in [0.15, 0.2) is 0 Å². The van der Waals surface area contributed by atoms with E-state index in [2.05, 4.69) is 22.3 Å². The van der Waals surface area contributed by atoms with E-state index in [9.17, 15) is 18.8 Å². The number of ether oxygens (including phenoxy) is 1. The van der Waals surface area contributed by atoms with Gasteiger partial charge in [-0.2, -0.15) is 0 Å². The summed E-state index contributed by atoms with van der Waals surface area (Å²) >= 11 is 11.8. The fraction of sp³-hybridized carbons (Fsp3) is 0.500. The molecule has 11 heteroatoms. The second-order valence-electron chi connectivity index (χ2n) is 10.6. The molecule has 0 saturated carbocycles. The molecule has 4 rings (SSSR count). The molecule has 2 fully saturated rings. The molecule has 8 nitrogen and oxygen atoms in total. The molecule has 41 heavy (non-hydrogen) atoms. The van der Waals surface area contributed by atoms with Crippen LogP contribution < -0.4 is 11.1 Å². The van der Waals surface area contributed by atoms with Crippen LogP contribution in [0.3, 0.4) is 0 Å². The number of carbonyl (C=O) groups excluding carboxylic acids is 3. The Hall–Kier alpha value is -2.72. The molecule has 0 bridgehead atoms. The number of fused-ring (bicyclic) bond motifs is 1. The van der Waals surface area contributed by atoms with Gasteiger partial charge in [0.25, 0.3) is 0 Å². The summed E-state index contributed by atoms with van der Waals surface area (Å²) in [5.41, 5.74) is 7.71. The van der Waals surface area contributed by atoms with Crippen molar-refractivity contribution in [3.05, 3.63) is 69.5 Å². The maximum atomic E-state index is 14.6. The van der Waals surface area contributed by atoms with Crippen LogP contribution in [0.2, 0.25) is 10.0 Å². The van der Waals surface area contributed by atoms with Gasteiger partial charge >= 0.3 is 5.97 Å². The van der Waals surface area contributed by atoms with Gasteiger partial charge in [-0.25, -0.2) is 4.39 Å². The Morgan fingerprint density at radius 1 is 1.20 bits per heavy atom. The number of aryl methyl sites for hydroxylation is 1. The first kappa shape index (κ1) is 31.2. The first-order chi connectivity index (χ1) is 19.7. The molecule has 2 aromatic carbocycles. The van der Waals surface area contributed by atoms with Gasteiger partial charge in [-0.3, -0.25) is 19.3 Å². The van der Waals surface area contributed by atoms with E-state index in [1.165, 1.54) is 17.7 Å². The average molecular weight is 608 g/mol. The largest absolute Gasteiger partial charge is 0.466 e. The van der Waals surface area contributed by atoms with Gasteiger partial charge < -0.3 is 20.7 Å². The van der Waals surface area contributed by atoms with Crippen molar-refractivity contribution in [2.24, 2.45) is 5.73 Å². The summed E-state index contributed by atoms with van der Waals surface area (Å²) in [6, 6.07) is 11.7. The highest BCUT2D eigenvalue weighted by molar-refractivity contribution is 6.42. The Morgan fingerprint density at radius 2 is 1.95 bits per heavy atom. The molecule has 2 amide bonds. The molecule has 2 aromatic rings. The number of benzene rings is 2. The van der Waals surface area contributed by atoms with Crippen LogP contribution >= 0.6 is 23.2 Å². The third-order valence-corrected chi connectivity index (χ3v) is 8.68. The molecule has 0 aromatic heterocycles. The van der Waals surface area contributed by atoms with Gasteiger partial charge in [-0.1, -0.05) is 59.6 Å². The van der Waals surface area contributed by atoms with E-state index in [0.717, 1.165) is 12.8 Å². The predicted molar refractivity (Wildman–Crippen MR) is 156 cm³/mol. The number of nitrogens with two attached hydrogens (primary N) is 1. The van der Waals surface area contributed by atoms with Crippen molar-refractivity contribution in [2.45, 2.75) is 76.2 Å². The highest BCUT2D eigenvalue weighted by atomic mass is 35.5. The summed E-state index contributed by atoms with van der Waals surface area (Å²) in [6.45, 7) is 2.73. The van der Waals surface area contributed by atoms with Crippen LogP contribution in [0.25, 0.3) is 0 Å². The number of nitrogens with one attached hydrogen (secondary N) is 1. The molecule has 2 aliphatic rings. The normalized spacial score (nSPS) is 21.7. The maximum Gasteiger partial charge on any atom is 0.305 e. The molecule has 4 atom stereocenters. The van der Waals surface area contributed by atoms with Crippen LogP contribution in [0.5, 0.6) is 0 Å². The zero-order valence-corrected chi connectivity index (χ0v) is 24.7. The molecule has 2 aliphatic heterocycles. The molecular formula is C30H37Cl2FN4O4. The second-order valence-corrected chi connectivity index (χ2v) is 11.4. The van der Waals surface area contributed by atoms with Gasteiger partial charge in [0.1, 0.15) is 11.9 Å². The van der Waals surface area contributed by atoms with Crippen molar-refractivity contribution in [1.29, 1.82) is 0 Å². The van der Waals surface area contributed by atoms with Gasteiger partial charge in [0.2, 0.25) is 11.8 Å². The Morgan fingerprint density at radius 3 is 2.68 bits per heavy atom. The van der Waals surface area contributed by atoms with Crippen LogP contribution in [0, 0.1) is 5.82 Å². The number of amides is 2. The molecular weight excluding hydrogens is 570 g/mol. The molecule has 0 spiro atoms. The van der Waals surface area contributed by atoms with Crippen LogP contribution in [-0.2, 0) is 32.1 Å². The summed E-state index contributed by atoms with van der Waals surface area (Å²) in [7, 11) is 0. The third kappa shape index (κ3) is 7.77. The lowest BCUT2D eigenvalue weighted by atomic mass is 10.0. The lowest BCUT2D eigenvalue weighted by molar-refractivity contribution is -0.147. The van der Waals surface area contributed by atoms with Gasteiger partial charge in [-0.15, -0.1) is 0 Å². The van der Waals surface area contributed by atoms with Crippen molar-refractivity contribution >= 4 is 41.0 Å². The smallest absolute Gasteiger partial charge is 0.305 e. The monoisotopic (exact) mass is 606 g/mol. The Bertz CT molecular complexity index is 1230. The van der Waals surface area contributed by atoms with E-state index < -0.39 is 29.8 Å². The highest BCUT2D eigenvalue weighted by Crippen LogP contribution is 2.31. The summed E-state index contributed by atoms with van der Waals surface area (Å²) in [4.78, 5) is 43.5. The quantitative estimate of drug-likeness (QED) is 0.295. The van der Waals surface area contributed by atoms with Crippen molar-refractivity contribution < 1.29 is 23.5 Å². The number of carbonyl (C=O) groups is 3. The van der Waals surface area contributed by atoms with E-state index >= 15 is 0 Å². The summed E-state index contributed by atoms with van der Waals surface area (Å²) < 4.78 is 19.7. The van der Waals surface area contributed by atoms with Crippen LogP contribution in [-0.4, -0.2) is 71.4 Å². The summed E-state index contributed by atoms with van der Waals surface area (Å²) in [5, 5.41) is 2.59. The zero-order valence-electron chi connectivity index (χ0n) is 23.2. The molecule has 1 unspecified atom stereocenters. The molecule has 3 N–H and O–H groups in total. The Labute approximate surface area is 250 Å². The molecule has 0 radical (unpaired) electrons. The minimum atomic E-state index is -0.940. The minimum absolute atomic E-state index is 0.0395. The zero-order chi connectivity index (χ0) is 29.5. The highest BCUT2D eigenvalue weighted by Gasteiger charge is 2.45. The topological polar surface area (TPSA) is 105 Å². The molecule has 0 aliphatic carbocycles. The van der Waals surface area contributed by atoms with Gasteiger partial charge in [0.05, 0.1) is 22.7 Å². The van der Waals surface area contributed by atoms with Gasteiger partial charge in [0, 0.05) is 43.7 Å². The fourth-order valence-corrected chi connectivity index (χ4v) is 6.14.